The van der Waals surface area contributed by atoms with Crippen LogP contribution in [-0.4, -0.2) is 56.0 Å². The van der Waals surface area contributed by atoms with Crippen LogP contribution in [0.1, 0.15) is 46.0 Å². The molecular weight excluding hydrogens is 281 g/mol. The molecule has 3 nitrogen and oxygen atoms in total. The van der Waals surface area contributed by atoms with Gasteiger partial charge in [0.15, 0.2) is 0 Å². The van der Waals surface area contributed by atoms with Gasteiger partial charge in [0.05, 0.1) is 12.7 Å². The zero-order valence-electron chi connectivity index (χ0n) is 13.2. The zero-order chi connectivity index (χ0) is 15.7. The average Bonchev–Trinajstić information content (AvgIpc) is 2.42. The summed E-state index contributed by atoms with van der Waals surface area (Å²) in [4.78, 5) is 2.35. The maximum atomic E-state index is 12.3. The Morgan fingerprint density at radius 3 is 2.67 bits per heavy atom. The molecule has 1 N–H and O–H groups in total. The predicted octanol–water partition coefficient (Wildman–Crippen LogP) is 3.20. The van der Waals surface area contributed by atoms with Gasteiger partial charge in [-0.1, -0.05) is 13.8 Å². The van der Waals surface area contributed by atoms with Gasteiger partial charge >= 0.3 is 6.18 Å². The van der Waals surface area contributed by atoms with E-state index in [1.807, 2.05) is 0 Å². The van der Waals surface area contributed by atoms with Gasteiger partial charge < -0.3 is 10.1 Å². The first-order valence-corrected chi connectivity index (χ1v) is 8.10. The Morgan fingerprint density at radius 2 is 2.05 bits per heavy atom. The standard InChI is InChI=1S/C15H29F3N2O/c1-3-8-19-13(6-5-7-15(16,17)18)14-12-20(9-4-2)10-11-21-14/h13-14,19H,3-12H2,1-2H3. The highest BCUT2D eigenvalue weighted by atomic mass is 19.4. The van der Waals surface area contributed by atoms with Gasteiger partial charge in [-0.3, -0.25) is 4.90 Å². The second-order valence-corrected chi connectivity index (χ2v) is 5.78. The van der Waals surface area contributed by atoms with Crippen molar-refractivity contribution in [2.24, 2.45) is 0 Å². The van der Waals surface area contributed by atoms with Crippen molar-refractivity contribution in [3.05, 3.63) is 0 Å². The summed E-state index contributed by atoms with van der Waals surface area (Å²) in [5.74, 6) is 0. The summed E-state index contributed by atoms with van der Waals surface area (Å²) in [7, 11) is 0. The number of ether oxygens (including phenoxy) is 1. The van der Waals surface area contributed by atoms with Gasteiger partial charge in [-0.25, -0.2) is 0 Å². The smallest absolute Gasteiger partial charge is 0.374 e. The van der Waals surface area contributed by atoms with Crippen molar-refractivity contribution in [2.45, 2.75) is 64.3 Å². The molecule has 0 spiro atoms. The number of halogens is 3. The van der Waals surface area contributed by atoms with E-state index in [1.165, 1.54) is 0 Å². The van der Waals surface area contributed by atoms with Gasteiger partial charge in [0, 0.05) is 25.6 Å². The summed E-state index contributed by atoms with van der Waals surface area (Å²) in [6.07, 6.45) is -2.01. The van der Waals surface area contributed by atoms with Gasteiger partial charge in [0.2, 0.25) is 0 Å². The van der Waals surface area contributed by atoms with Crippen LogP contribution in [0.5, 0.6) is 0 Å². The molecule has 0 bridgehead atoms. The molecule has 0 amide bonds. The van der Waals surface area contributed by atoms with Crippen molar-refractivity contribution in [2.75, 3.05) is 32.8 Å². The van der Waals surface area contributed by atoms with Crippen molar-refractivity contribution in [3.63, 3.8) is 0 Å². The van der Waals surface area contributed by atoms with Crippen LogP contribution in [0.25, 0.3) is 0 Å². The second kappa shape index (κ2) is 9.64. The van der Waals surface area contributed by atoms with Crippen LogP contribution in [0.15, 0.2) is 0 Å². The first-order chi connectivity index (χ1) is 9.96. The molecule has 1 rings (SSSR count). The fraction of sp³-hybridized carbons (Fsp3) is 1.00. The predicted molar refractivity (Wildman–Crippen MR) is 78.5 cm³/mol. The van der Waals surface area contributed by atoms with E-state index in [9.17, 15) is 13.2 Å². The molecule has 126 valence electrons. The van der Waals surface area contributed by atoms with Crippen LogP contribution in [0.4, 0.5) is 13.2 Å². The second-order valence-electron chi connectivity index (χ2n) is 5.78. The van der Waals surface area contributed by atoms with E-state index in [0.717, 1.165) is 39.0 Å². The molecule has 0 saturated carbocycles. The van der Waals surface area contributed by atoms with E-state index in [0.29, 0.717) is 13.0 Å². The maximum absolute atomic E-state index is 12.3. The monoisotopic (exact) mass is 310 g/mol. The van der Waals surface area contributed by atoms with Gasteiger partial charge in [-0.2, -0.15) is 13.2 Å². The average molecular weight is 310 g/mol. The fourth-order valence-corrected chi connectivity index (χ4v) is 2.77. The quantitative estimate of drug-likeness (QED) is 0.708. The fourth-order valence-electron chi connectivity index (χ4n) is 2.77. The van der Waals surface area contributed by atoms with Gasteiger partial charge in [0.25, 0.3) is 0 Å². The van der Waals surface area contributed by atoms with Crippen molar-refractivity contribution < 1.29 is 17.9 Å². The minimum absolute atomic E-state index is 0.00471. The minimum atomic E-state index is -4.06. The zero-order valence-corrected chi connectivity index (χ0v) is 13.2. The van der Waals surface area contributed by atoms with E-state index in [4.69, 9.17) is 4.74 Å². The van der Waals surface area contributed by atoms with E-state index in [2.05, 4.69) is 24.1 Å². The van der Waals surface area contributed by atoms with Crippen LogP contribution in [0.3, 0.4) is 0 Å². The molecule has 1 aliphatic rings. The highest BCUT2D eigenvalue weighted by Crippen LogP contribution is 2.24. The van der Waals surface area contributed by atoms with E-state index >= 15 is 0 Å². The molecule has 0 aliphatic carbocycles. The molecule has 1 fully saturated rings. The molecule has 1 heterocycles. The first-order valence-electron chi connectivity index (χ1n) is 8.10. The SMILES string of the molecule is CCCNC(CCCC(F)(F)F)C1CN(CCC)CCO1. The summed E-state index contributed by atoms with van der Waals surface area (Å²) < 4.78 is 42.7. The normalized spacial score (nSPS) is 22.4. The van der Waals surface area contributed by atoms with Crippen molar-refractivity contribution in [1.82, 2.24) is 10.2 Å². The molecule has 0 aromatic carbocycles. The third-order valence-corrected chi connectivity index (χ3v) is 3.80. The minimum Gasteiger partial charge on any atom is -0.374 e. The van der Waals surface area contributed by atoms with Gasteiger partial charge in [-0.15, -0.1) is 0 Å². The summed E-state index contributed by atoms with van der Waals surface area (Å²) in [5.41, 5.74) is 0. The summed E-state index contributed by atoms with van der Waals surface area (Å²) >= 11 is 0. The number of alkyl halides is 3. The lowest BCUT2D eigenvalue weighted by Gasteiger charge is -2.37. The molecule has 0 aromatic heterocycles. The number of rotatable bonds is 9. The Kier molecular flexibility index (Phi) is 8.59. The lowest BCUT2D eigenvalue weighted by Crippen LogP contribution is -2.52. The molecular formula is C15H29F3N2O. The third kappa shape index (κ3) is 8.02. The topological polar surface area (TPSA) is 24.5 Å². The van der Waals surface area contributed by atoms with Crippen molar-refractivity contribution in [3.8, 4) is 0 Å². The number of hydrogen-bond donors (Lipinski definition) is 1. The molecule has 1 aliphatic heterocycles. The van der Waals surface area contributed by atoms with Crippen LogP contribution in [0, 0.1) is 0 Å². The summed E-state index contributed by atoms with van der Waals surface area (Å²) in [6.45, 7) is 8.47. The molecule has 0 radical (unpaired) electrons. The Morgan fingerprint density at radius 1 is 1.29 bits per heavy atom. The van der Waals surface area contributed by atoms with Crippen molar-refractivity contribution in [1.29, 1.82) is 0 Å². The molecule has 6 heteroatoms. The summed E-state index contributed by atoms with van der Waals surface area (Å²) in [6, 6.07) is 0.0203. The lowest BCUT2D eigenvalue weighted by atomic mass is 10.0. The Hall–Kier alpha value is -0.330. The summed E-state index contributed by atoms with van der Waals surface area (Å²) in [5, 5.41) is 3.37. The highest BCUT2D eigenvalue weighted by molar-refractivity contribution is 4.83. The number of morpholine rings is 1. The maximum Gasteiger partial charge on any atom is 0.389 e. The van der Waals surface area contributed by atoms with Gasteiger partial charge in [0.1, 0.15) is 0 Å². The van der Waals surface area contributed by atoms with Gasteiger partial charge in [-0.05, 0) is 38.8 Å². The molecule has 0 aromatic rings. The third-order valence-electron chi connectivity index (χ3n) is 3.80. The van der Waals surface area contributed by atoms with E-state index < -0.39 is 12.6 Å². The van der Waals surface area contributed by atoms with Crippen LogP contribution >= 0.6 is 0 Å². The lowest BCUT2D eigenvalue weighted by molar-refractivity contribution is -0.136. The Balaban J connectivity index is 2.46. The van der Waals surface area contributed by atoms with Crippen LogP contribution < -0.4 is 5.32 Å². The molecule has 1 saturated heterocycles. The number of nitrogens with one attached hydrogen (secondary N) is 1. The Labute approximate surface area is 126 Å². The molecule has 2 unspecified atom stereocenters. The highest BCUT2D eigenvalue weighted by Gasteiger charge is 2.30. The molecule has 2 atom stereocenters. The van der Waals surface area contributed by atoms with Crippen LogP contribution in [0.2, 0.25) is 0 Å². The van der Waals surface area contributed by atoms with E-state index in [1.54, 1.807) is 0 Å². The Bertz CT molecular complexity index is 272. The van der Waals surface area contributed by atoms with Crippen LogP contribution in [-0.2, 0) is 4.74 Å². The largest absolute Gasteiger partial charge is 0.389 e. The first kappa shape index (κ1) is 18.7. The van der Waals surface area contributed by atoms with Crippen molar-refractivity contribution >= 4 is 0 Å². The molecule has 21 heavy (non-hydrogen) atoms. The van der Waals surface area contributed by atoms with E-state index in [-0.39, 0.29) is 18.6 Å². The number of hydrogen-bond acceptors (Lipinski definition) is 3. The number of nitrogens with zero attached hydrogens (tertiary/aromatic N) is 1.